The fourth-order valence-electron chi connectivity index (χ4n) is 5.75. The number of ether oxygens (including phenoxy) is 1. The van der Waals surface area contributed by atoms with E-state index in [1.54, 1.807) is 25.1 Å². The molecular formula is C27H35BrFN2O4S+. The number of esters is 1. The third-order valence-corrected chi connectivity index (χ3v) is 9.55. The summed E-state index contributed by atoms with van der Waals surface area (Å²) in [5.74, 6) is -0.610. The average molecular weight is 583 g/mol. The van der Waals surface area contributed by atoms with Crippen LogP contribution in [0.25, 0.3) is 0 Å². The second kappa shape index (κ2) is 11.3. The monoisotopic (exact) mass is 581 g/mol. The van der Waals surface area contributed by atoms with Gasteiger partial charge in [-0.15, -0.1) is 11.3 Å². The minimum Gasteiger partial charge on any atom is -0.466 e. The number of benzene rings is 1. The van der Waals surface area contributed by atoms with Gasteiger partial charge < -0.3 is 19.6 Å². The van der Waals surface area contributed by atoms with Gasteiger partial charge in [0.1, 0.15) is 5.82 Å². The van der Waals surface area contributed by atoms with Crippen LogP contribution in [-0.2, 0) is 19.9 Å². The molecule has 2 atom stereocenters. The van der Waals surface area contributed by atoms with Gasteiger partial charge in [-0.3, -0.25) is 9.59 Å². The van der Waals surface area contributed by atoms with Gasteiger partial charge in [0.25, 0.3) is 5.91 Å². The molecule has 1 unspecified atom stereocenters. The van der Waals surface area contributed by atoms with Crippen LogP contribution in [0.2, 0.25) is 0 Å². The summed E-state index contributed by atoms with van der Waals surface area (Å²) in [7, 11) is 0. The molecule has 2 N–H and O–H groups in total. The van der Waals surface area contributed by atoms with Crippen molar-refractivity contribution < 1.29 is 28.3 Å². The standard InChI is InChI=1S/C27H34BrFN2O4S/c1-3-35-25(32)6-4-5-13-31-14-11-19(12-15-31)22(17-31)30-26(33)27(34,23-9-10-24(28)36-23)20-7-8-21(29)18(2)16-20/h7-10,16,19,22,34H,3-6,11-15,17H2,1-2H3/p+1/t19?,22-,27?,31?/m0/s1. The number of carbonyl (C=O) groups excluding carboxylic acids is 2. The molecule has 5 rings (SSSR count). The van der Waals surface area contributed by atoms with Crippen LogP contribution < -0.4 is 5.32 Å². The third kappa shape index (κ3) is 5.69. The summed E-state index contributed by atoms with van der Waals surface area (Å²) in [5, 5.41) is 15.1. The van der Waals surface area contributed by atoms with Crippen molar-refractivity contribution in [1.82, 2.24) is 5.32 Å². The van der Waals surface area contributed by atoms with Crippen LogP contribution >= 0.6 is 27.3 Å². The first kappa shape index (κ1) is 27.2. The molecule has 0 spiro atoms. The van der Waals surface area contributed by atoms with E-state index < -0.39 is 11.5 Å². The maximum absolute atomic E-state index is 14.0. The summed E-state index contributed by atoms with van der Waals surface area (Å²) in [6.07, 6.45) is 4.24. The number of amides is 1. The Labute approximate surface area is 224 Å². The highest BCUT2D eigenvalue weighted by Crippen LogP contribution is 2.39. The van der Waals surface area contributed by atoms with Gasteiger partial charge in [-0.1, -0.05) is 6.07 Å². The zero-order valence-corrected chi connectivity index (χ0v) is 23.3. The minimum absolute atomic E-state index is 0.0403. The highest BCUT2D eigenvalue weighted by molar-refractivity contribution is 9.11. The van der Waals surface area contributed by atoms with E-state index >= 15 is 0 Å². The third-order valence-electron chi connectivity index (χ3n) is 7.82. The SMILES string of the molecule is CCOC(=O)CCCC[N+]12CCC(CC1)[C@@H](NC(=O)C(O)(c1ccc(F)c(C)c1)c1ccc(Br)s1)C2. The number of nitrogens with zero attached hydrogens (tertiary/aromatic N) is 1. The minimum atomic E-state index is -1.91. The molecule has 0 aliphatic carbocycles. The molecule has 6 nitrogen and oxygen atoms in total. The quantitative estimate of drug-likeness (QED) is 0.243. The van der Waals surface area contributed by atoms with Crippen molar-refractivity contribution in [2.75, 3.05) is 32.8 Å². The van der Waals surface area contributed by atoms with E-state index in [0.29, 0.717) is 34.9 Å². The maximum atomic E-state index is 14.0. The van der Waals surface area contributed by atoms with Crippen molar-refractivity contribution in [2.24, 2.45) is 5.92 Å². The fraction of sp³-hybridized carbons (Fsp3) is 0.556. The lowest BCUT2D eigenvalue weighted by Gasteiger charge is -2.53. The Balaban J connectivity index is 1.49. The Morgan fingerprint density at radius 1 is 1.25 bits per heavy atom. The predicted molar refractivity (Wildman–Crippen MR) is 141 cm³/mol. The molecule has 0 radical (unpaired) electrons. The molecule has 0 saturated carbocycles. The second-order valence-electron chi connectivity index (χ2n) is 10.2. The largest absolute Gasteiger partial charge is 0.466 e. The van der Waals surface area contributed by atoms with Crippen molar-refractivity contribution >= 4 is 39.1 Å². The Bertz CT molecular complexity index is 1100. The van der Waals surface area contributed by atoms with Crippen LogP contribution in [0.3, 0.4) is 0 Å². The first-order valence-corrected chi connectivity index (χ1v) is 14.3. The first-order chi connectivity index (χ1) is 17.2. The summed E-state index contributed by atoms with van der Waals surface area (Å²) in [6, 6.07) is 7.85. The van der Waals surface area contributed by atoms with E-state index in [4.69, 9.17) is 4.74 Å². The first-order valence-electron chi connectivity index (χ1n) is 12.7. The summed E-state index contributed by atoms with van der Waals surface area (Å²) >= 11 is 4.73. The van der Waals surface area contributed by atoms with Gasteiger partial charge in [0.15, 0.2) is 0 Å². The number of quaternary nitrogens is 1. The summed E-state index contributed by atoms with van der Waals surface area (Å²) < 4.78 is 20.8. The number of carbonyl (C=O) groups is 2. The van der Waals surface area contributed by atoms with Gasteiger partial charge in [0, 0.05) is 19.3 Å². The van der Waals surface area contributed by atoms with E-state index in [2.05, 4.69) is 21.2 Å². The van der Waals surface area contributed by atoms with E-state index in [-0.39, 0.29) is 17.8 Å². The molecule has 2 aromatic rings. The molecule has 3 aliphatic heterocycles. The molecule has 3 saturated heterocycles. The van der Waals surface area contributed by atoms with Crippen molar-refractivity contribution in [1.29, 1.82) is 0 Å². The molecule has 1 aromatic carbocycles. The number of fused-ring (bicyclic) bond motifs is 3. The highest BCUT2D eigenvalue weighted by Gasteiger charge is 2.49. The predicted octanol–water partition coefficient (Wildman–Crippen LogP) is 4.65. The molecule has 3 aliphatic rings. The molecule has 4 heterocycles. The van der Waals surface area contributed by atoms with Crippen LogP contribution in [0.1, 0.15) is 55.0 Å². The normalized spacial score (nSPS) is 24.8. The lowest BCUT2D eigenvalue weighted by atomic mass is 9.80. The van der Waals surface area contributed by atoms with Crippen molar-refractivity contribution in [3.8, 4) is 0 Å². The van der Waals surface area contributed by atoms with Crippen molar-refractivity contribution in [2.45, 2.75) is 57.6 Å². The number of nitrogens with one attached hydrogen (secondary N) is 1. The number of thiophene rings is 1. The van der Waals surface area contributed by atoms with E-state index in [1.165, 1.54) is 23.5 Å². The van der Waals surface area contributed by atoms with Crippen LogP contribution in [-0.4, -0.2) is 60.3 Å². The number of halogens is 2. The molecule has 9 heteroatoms. The smallest absolute Gasteiger partial charge is 0.305 e. The van der Waals surface area contributed by atoms with Gasteiger partial charge in [-0.05, 0) is 83.9 Å². The zero-order chi connectivity index (χ0) is 25.9. The Morgan fingerprint density at radius 3 is 2.64 bits per heavy atom. The number of aliphatic hydroxyl groups is 1. The molecule has 3 fully saturated rings. The van der Waals surface area contributed by atoms with Crippen molar-refractivity contribution in [3.63, 3.8) is 0 Å². The van der Waals surface area contributed by atoms with Gasteiger partial charge in [0.05, 0.1) is 47.5 Å². The summed E-state index contributed by atoms with van der Waals surface area (Å²) in [6.45, 7) is 7.81. The van der Waals surface area contributed by atoms with Crippen LogP contribution in [0.4, 0.5) is 4.39 Å². The van der Waals surface area contributed by atoms with Gasteiger partial charge in [0.2, 0.25) is 5.60 Å². The number of aryl methyl sites for hydroxylation is 1. The number of piperidine rings is 3. The van der Waals surface area contributed by atoms with Gasteiger partial charge in [-0.25, -0.2) is 4.39 Å². The fourth-order valence-corrected chi connectivity index (χ4v) is 7.25. The molecule has 1 aromatic heterocycles. The Hall–Kier alpha value is -1.81. The van der Waals surface area contributed by atoms with E-state index in [9.17, 15) is 19.1 Å². The summed E-state index contributed by atoms with van der Waals surface area (Å²) in [4.78, 5) is 26.0. The molecule has 1 amide bonds. The number of hydrogen-bond acceptors (Lipinski definition) is 5. The highest BCUT2D eigenvalue weighted by atomic mass is 79.9. The molecule has 36 heavy (non-hydrogen) atoms. The van der Waals surface area contributed by atoms with E-state index in [1.807, 2.05) is 6.92 Å². The molecule has 196 valence electrons. The van der Waals surface area contributed by atoms with Crippen LogP contribution in [0.15, 0.2) is 34.1 Å². The van der Waals surface area contributed by atoms with Crippen LogP contribution in [0.5, 0.6) is 0 Å². The number of hydrogen-bond donors (Lipinski definition) is 2. The molecular weight excluding hydrogens is 547 g/mol. The zero-order valence-electron chi connectivity index (χ0n) is 20.9. The van der Waals surface area contributed by atoms with Gasteiger partial charge >= 0.3 is 5.97 Å². The van der Waals surface area contributed by atoms with E-state index in [0.717, 1.165) is 60.1 Å². The lowest BCUT2D eigenvalue weighted by molar-refractivity contribution is -0.944. The number of unbranched alkanes of at least 4 members (excludes halogenated alkanes) is 1. The number of rotatable bonds is 10. The Morgan fingerprint density at radius 2 is 2.00 bits per heavy atom. The van der Waals surface area contributed by atoms with Crippen molar-refractivity contribution in [3.05, 3.63) is 55.9 Å². The second-order valence-corrected chi connectivity index (χ2v) is 12.6. The lowest BCUT2D eigenvalue weighted by Crippen LogP contribution is -2.68. The summed E-state index contributed by atoms with van der Waals surface area (Å²) in [5.41, 5.74) is -1.17. The topological polar surface area (TPSA) is 75.6 Å². The average Bonchev–Trinajstić information content (AvgIpc) is 3.30. The Kier molecular flexibility index (Phi) is 8.54. The van der Waals surface area contributed by atoms with Crippen LogP contribution in [0, 0.1) is 18.7 Å². The molecule has 2 bridgehead atoms. The maximum Gasteiger partial charge on any atom is 0.305 e. The van der Waals surface area contributed by atoms with Gasteiger partial charge in [-0.2, -0.15) is 0 Å².